The van der Waals surface area contributed by atoms with E-state index in [2.05, 4.69) is 15.2 Å². The number of rotatable bonds is 7. The van der Waals surface area contributed by atoms with E-state index in [0.29, 0.717) is 41.7 Å². The summed E-state index contributed by atoms with van der Waals surface area (Å²) in [7, 11) is 1.61. The fraction of sp³-hybridized carbons (Fsp3) is 0.333. The van der Waals surface area contributed by atoms with Crippen LogP contribution in [0.2, 0.25) is 0 Å². The first-order valence-corrected chi connectivity index (χ1v) is 13.6. The number of nitrogens with zero attached hydrogens (tertiary/aromatic N) is 5. The lowest BCUT2D eigenvalue weighted by molar-refractivity contribution is -0.120. The SMILES string of the molecule is COc1ccc(-n2nc(-c3nc(C)co3)c3c2C(=O)N(c2ccc(NC(=O)C(C)N4CCCC4)cc2)CC3)cc1. The highest BCUT2D eigenvalue weighted by atomic mass is 16.5. The Labute approximate surface area is 232 Å². The Hall–Kier alpha value is -4.44. The number of methoxy groups -OCH3 is 1. The van der Waals surface area contributed by atoms with Crippen LogP contribution in [0.15, 0.2) is 59.2 Å². The van der Waals surface area contributed by atoms with Gasteiger partial charge < -0.3 is 19.4 Å². The van der Waals surface area contributed by atoms with Gasteiger partial charge in [0.15, 0.2) is 5.69 Å². The van der Waals surface area contributed by atoms with Crippen LogP contribution in [-0.4, -0.2) is 64.3 Å². The van der Waals surface area contributed by atoms with Crippen LogP contribution < -0.4 is 15.0 Å². The maximum atomic E-state index is 14.0. The minimum Gasteiger partial charge on any atom is -0.497 e. The number of ether oxygens (including phenoxy) is 1. The predicted molar refractivity (Wildman–Crippen MR) is 151 cm³/mol. The number of hydrogen-bond acceptors (Lipinski definition) is 7. The first-order chi connectivity index (χ1) is 19.4. The maximum Gasteiger partial charge on any atom is 0.277 e. The van der Waals surface area contributed by atoms with E-state index >= 15 is 0 Å². The molecule has 4 heterocycles. The molecule has 0 radical (unpaired) electrons. The second-order valence-corrected chi connectivity index (χ2v) is 10.2. The van der Waals surface area contributed by atoms with Gasteiger partial charge in [0.05, 0.1) is 24.5 Å². The summed E-state index contributed by atoms with van der Waals surface area (Å²) in [6.07, 6.45) is 4.43. The van der Waals surface area contributed by atoms with Crippen molar-refractivity contribution in [3.63, 3.8) is 0 Å². The average molecular weight is 541 g/mol. The number of likely N-dealkylation sites (tertiary alicyclic amines) is 1. The van der Waals surface area contributed by atoms with Gasteiger partial charge in [0.25, 0.3) is 5.91 Å². The summed E-state index contributed by atoms with van der Waals surface area (Å²) in [5.41, 5.74) is 4.77. The Balaban J connectivity index is 1.28. The highest BCUT2D eigenvalue weighted by molar-refractivity contribution is 6.08. The fourth-order valence-corrected chi connectivity index (χ4v) is 5.42. The molecule has 2 aromatic heterocycles. The van der Waals surface area contributed by atoms with Crippen molar-refractivity contribution in [2.75, 3.05) is 37.0 Å². The van der Waals surface area contributed by atoms with Crippen molar-refractivity contribution in [2.45, 2.75) is 39.2 Å². The molecule has 10 nitrogen and oxygen atoms in total. The number of fused-ring (bicyclic) bond motifs is 1. The number of amides is 2. The Morgan fingerprint density at radius 3 is 2.38 bits per heavy atom. The van der Waals surface area contributed by atoms with Gasteiger partial charge in [-0.2, -0.15) is 5.10 Å². The monoisotopic (exact) mass is 540 g/mol. The van der Waals surface area contributed by atoms with Crippen molar-refractivity contribution >= 4 is 23.2 Å². The number of hydrogen-bond donors (Lipinski definition) is 1. The zero-order valence-electron chi connectivity index (χ0n) is 22.9. The topological polar surface area (TPSA) is 106 Å². The number of oxazole rings is 1. The fourth-order valence-electron chi connectivity index (χ4n) is 5.42. The minimum absolute atomic E-state index is 0.0222. The highest BCUT2D eigenvalue weighted by Gasteiger charge is 2.35. The first-order valence-electron chi connectivity index (χ1n) is 13.6. The maximum absolute atomic E-state index is 14.0. The molecule has 1 unspecified atom stereocenters. The van der Waals surface area contributed by atoms with E-state index in [-0.39, 0.29) is 17.9 Å². The quantitative estimate of drug-likeness (QED) is 0.369. The summed E-state index contributed by atoms with van der Waals surface area (Å²) >= 11 is 0. The summed E-state index contributed by atoms with van der Waals surface area (Å²) in [5, 5.41) is 7.81. The lowest BCUT2D eigenvalue weighted by atomic mass is 10.0. The van der Waals surface area contributed by atoms with E-state index < -0.39 is 0 Å². The van der Waals surface area contributed by atoms with Crippen LogP contribution in [-0.2, 0) is 11.2 Å². The van der Waals surface area contributed by atoms with E-state index in [1.54, 1.807) is 23.0 Å². The van der Waals surface area contributed by atoms with Crippen molar-refractivity contribution in [1.29, 1.82) is 0 Å². The van der Waals surface area contributed by atoms with Crippen LogP contribution in [0.1, 0.15) is 41.5 Å². The Morgan fingerprint density at radius 2 is 1.73 bits per heavy atom. The smallest absolute Gasteiger partial charge is 0.277 e. The van der Waals surface area contributed by atoms with Gasteiger partial charge in [-0.15, -0.1) is 0 Å². The number of anilines is 2. The normalized spacial score (nSPS) is 16.2. The van der Waals surface area contributed by atoms with Gasteiger partial charge in [0, 0.05) is 23.5 Å². The number of carbonyl (C=O) groups excluding carboxylic acids is 2. The third-order valence-corrected chi connectivity index (χ3v) is 7.67. The third kappa shape index (κ3) is 4.75. The standard InChI is InChI=1S/C30H32N6O4/c1-19-18-40-29(31-19)26-25-14-17-35(30(38)27(25)36(33-26)23-10-12-24(39-3)13-11-23)22-8-6-21(7-9-22)32-28(37)20(2)34-15-4-5-16-34/h6-13,18,20H,4-5,14-17H2,1-3H3,(H,32,37). The summed E-state index contributed by atoms with van der Waals surface area (Å²) in [4.78, 5) is 35.2. The van der Waals surface area contributed by atoms with E-state index in [1.807, 2.05) is 62.4 Å². The van der Waals surface area contributed by atoms with Crippen LogP contribution >= 0.6 is 0 Å². The van der Waals surface area contributed by atoms with E-state index in [4.69, 9.17) is 14.3 Å². The molecule has 0 bridgehead atoms. The zero-order valence-corrected chi connectivity index (χ0v) is 22.9. The van der Waals surface area contributed by atoms with Crippen LogP contribution in [0.3, 0.4) is 0 Å². The second-order valence-electron chi connectivity index (χ2n) is 10.2. The van der Waals surface area contributed by atoms with E-state index in [9.17, 15) is 9.59 Å². The second kappa shape index (κ2) is 10.6. The third-order valence-electron chi connectivity index (χ3n) is 7.67. The molecule has 1 fully saturated rings. The predicted octanol–water partition coefficient (Wildman–Crippen LogP) is 4.47. The Kier molecular flexibility index (Phi) is 6.85. The summed E-state index contributed by atoms with van der Waals surface area (Å²) < 4.78 is 12.6. The molecule has 1 N–H and O–H groups in total. The van der Waals surface area contributed by atoms with Crippen LogP contribution in [0.4, 0.5) is 11.4 Å². The number of benzene rings is 2. The largest absolute Gasteiger partial charge is 0.497 e. The first kappa shape index (κ1) is 25.8. The van der Waals surface area contributed by atoms with Crippen LogP contribution in [0.5, 0.6) is 5.75 Å². The van der Waals surface area contributed by atoms with Crippen molar-refractivity contribution in [3.8, 4) is 23.0 Å². The van der Waals surface area contributed by atoms with Gasteiger partial charge >= 0.3 is 0 Å². The molecule has 4 aromatic rings. The summed E-state index contributed by atoms with van der Waals surface area (Å²) in [6, 6.07) is 14.6. The molecular formula is C30H32N6O4. The zero-order chi connectivity index (χ0) is 27.8. The van der Waals surface area contributed by atoms with Gasteiger partial charge in [-0.1, -0.05) is 0 Å². The van der Waals surface area contributed by atoms with Gasteiger partial charge in [-0.3, -0.25) is 14.5 Å². The minimum atomic E-state index is -0.177. The molecule has 2 aliphatic heterocycles. The summed E-state index contributed by atoms with van der Waals surface area (Å²) in [6.45, 7) is 6.18. The summed E-state index contributed by atoms with van der Waals surface area (Å²) in [5.74, 6) is 0.915. The molecule has 0 aliphatic carbocycles. The van der Waals surface area contributed by atoms with Gasteiger partial charge in [0.2, 0.25) is 11.8 Å². The van der Waals surface area contributed by atoms with Gasteiger partial charge in [-0.25, -0.2) is 9.67 Å². The molecule has 1 saturated heterocycles. The Bertz CT molecular complexity index is 1530. The number of aryl methyl sites for hydroxylation is 1. The lowest BCUT2D eigenvalue weighted by Crippen LogP contribution is -2.40. The molecule has 2 amide bonds. The molecule has 6 rings (SSSR count). The molecule has 206 valence electrons. The molecule has 2 aromatic carbocycles. The van der Waals surface area contributed by atoms with Crippen LogP contribution in [0, 0.1) is 6.92 Å². The van der Waals surface area contributed by atoms with E-state index in [1.165, 1.54) is 0 Å². The average Bonchev–Trinajstić information content (AvgIpc) is 3.74. The van der Waals surface area contributed by atoms with Crippen molar-refractivity contribution < 1.29 is 18.7 Å². The molecule has 10 heteroatoms. The molecular weight excluding hydrogens is 508 g/mol. The Morgan fingerprint density at radius 1 is 1.02 bits per heavy atom. The lowest BCUT2D eigenvalue weighted by Gasteiger charge is -2.28. The van der Waals surface area contributed by atoms with E-state index in [0.717, 1.165) is 48.6 Å². The molecule has 40 heavy (non-hydrogen) atoms. The van der Waals surface area contributed by atoms with Crippen molar-refractivity contribution in [2.24, 2.45) is 0 Å². The highest BCUT2D eigenvalue weighted by Crippen LogP contribution is 2.34. The van der Waals surface area contributed by atoms with Gasteiger partial charge in [0.1, 0.15) is 17.7 Å². The van der Waals surface area contributed by atoms with Crippen molar-refractivity contribution in [3.05, 3.63) is 71.7 Å². The van der Waals surface area contributed by atoms with Crippen molar-refractivity contribution in [1.82, 2.24) is 19.7 Å². The molecule has 2 aliphatic rings. The number of carbonyl (C=O) groups is 2. The van der Waals surface area contributed by atoms with Crippen LogP contribution in [0.25, 0.3) is 17.3 Å². The van der Waals surface area contributed by atoms with Gasteiger partial charge in [-0.05, 0) is 94.7 Å². The molecule has 0 spiro atoms. The molecule has 0 saturated carbocycles. The number of nitrogens with one attached hydrogen (secondary N) is 1. The number of aromatic nitrogens is 3. The molecule has 1 atom stereocenters.